The molecular formula is C15H19N3O2S. The van der Waals surface area contributed by atoms with E-state index >= 15 is 0 Å². The van der Waals surface area contributed by atoms with Crippen LogP contribution in [-0.2, 0) is 10.0 Å². The van der Waals surface area contributed by atoms with Gasteiger partial charge in [-0.25, -0.2) is 8.42 Å². The van der Waals surface area contributed by atoms with Gasteiger partial charge in [0.05, 0.1) is 11.4 Å². The van der Waals surface area contributed by atoms with Crippen molar-refractivity contribution in [2.45, 2.75) is 11.8 Å². The molecule has 5 nitrogen and oxygen atoms in total. The Bertz CT molecular complexity index is 755. The summed E-state index contributed by atoms with van der Waals surface area (Å²) in [5.74, 6) is 0. The maximum absolute atomic E-state index is 12.4. The number of nitrogens with zero attached hydrogens (tertiary/aromatic N) is 1. The SMILES string of the molecule is Cc1ccc(S(=O)(=O)Nc2cccc(N(C)C)c2)c(N)c1. The Hall–Kier alpha value is -2.21. The molecule has 0 aromatic heterocycles. The van der Waals surface area contributed by atoms with Crippen LogP contribution in [0.25, 0.3) is 0 Å². The van der Waals surface area contributed by atoms with E-state index in [-0.39, 0.29) is 10.6 Å². The lowest BCUT2D eigenvalue weighted by molar-refractivity contribution is 0.601. The first-order valence-corrected chi connectivity index (χ1v) is 7.94. The van der Waals surface area contributed by atoms with E-state index in [1.807, 2.05) is 32.0 Å². The van der Waals surface area contributed by atoms with E-state index in [0.29, 0.717) is 5.69 Å². The Balaban J connectivity index is 2.35. The van der Waals surface area contributed by atoms with Crippen LogP contribution < -0.4 is 15.4 Å². The maximum Gasteiger partial charge on any atom is 0.263 e. The van der Waals surface area contributed by atoms with Gasteiger partial charge in [-0.1, -0.05) is 12.1 Å². The van der Waals surface area contributed by atoms with Gasteiger partial charge in [0, 0.05) is 19.8 Å². The van der Waals surface area contributed by atoms with Crippen LogP contribution in [0.15, 0.2) is 47.4 Å². The van der Waals surface area contributed by atoms with Crippen LogP contribution in [0.3, 0.4) is 0 Å². The first-order valence-electron chi connectivity index (χ1n) is 6.46. The topological polar surface area (TPSA) is 75.4 Å². The molecule has 0 heterocycles. The summed E-state index contributed by atoms with van der Waals surface area (Å²) in [4.78, 5) is 1.99. The number of nitrogen functional groups attached to an aromatic ring is 1. The molecule has 0 radical (unpaired) electrons. The molecular weight excluding hydrogens is 286 g/mol. The minimum atomic E-state index is -3.70. The van der Waals surface area contributed by atoms with Gasteiger partial charge in [-0.15, -0.1) is 0 Å². The van der Waals surface area contributed by atoms with Crippen LogP contribution in [0.4, 0.5) is 17.1 Å². The molecule has 21 heavy (non-hydrogen) atoms. The molecule has 0 aliphatic carbocycles. The van der Waals surface area contributed by atoms with E-state index in [2.05, 4.69) is 4.72 Å². The molecule has 2 aromatic carbocycles. The summed E-state index contributed by atoms with van der Waals surface area (Å²) >= 11 is 0. The Labute approximate surface area is 125 Å². The molecule has 6 heteroatoms. The van der Waals surface area contributed by atoms with Crippen LogP contribution in [0.2, 0.25) is 0 Å². The highest BCUT2D eigenvalue weighted by molar-refractivity contribution is 7.92. The molecule has 0 saturated heterocycles. The lowest BCUT2D eigenvalue weighted by Crippen LogP contribution is -2.15. The summed E-state index contributed by atoms with van der Waals surface area (Å²) in [6, 6.07) is 12.1. The Morgan fingerprint density at radius 2 is 1.81 bits per heavy atom. The second-order valence-corrected chi connectivity index (χ2v) is 6.74. The Kier molecular flexibility index (Phi) is 4.09. The molecule has 0 spiro atoms. The number of hydrogen-bond donors (Lipinski definition) is 2. The van der Waals surface area contributed by atoms with Crippen molar-refractivity contribution < 1.29 is 8.42 Å². The fraction of sp³-hybridized carbons (Fsp3) is 0.200. The van der Waals surface area contributed by atoms with Gasteiger partial charge in [-0.05, 0) is 42.8 Å². The predicted molar refractivity (Wildman–Crippen MR) is 87.2 cm³/mol. The molecule has 0 unspecified atom stereocenters. The molecule has 0 amide bonds. The number of hydrogen-bond acceptors (Lipinski definition) is 4. The summed E-state index contributed by atoms with van der Waals surface area (Å²) in [5, 5.41) is 0. The van der Waals surface area contributed by atoms with Crippen molar-refractivity contribution in [3.63, 3.8) is 0 Å². The molecule has 0 atom stereocenters. The zero-order chi connectivity index (χ0) is 15.6. The molecule has 0 bridgehead atoms. The monoisotopic (exact) mass is 305 g/mol. The van der Waals surface area contributed by atoms with E-state index in [0.717, 1.165) is 11.3 Å². The molecule has 0 aliphatic rings. The van der Waals surface area contributed by atoms with Crippen molar-refractivity contribution in [3.05, 3.63) is 48.0 Å². The molecule has 0 aliphatic heterocycles. The van der Waals surface area contributed by atoms with E-state index in [1.165, 1.54) is 6.07 Å². The van der Waals surface area contributed by atoms with E-state index in [1.54, 1.807) is 30.3 Å². The number of benzene rings is 2. The number of sulfonamides is 1. The standard InChI is InChI=1S/C15H19N3O2S/c1-11-7-8-15(14(16)9-11)21(19,20)17-12-5-4-6-13(10-12)18(2)3/h4-10,17H,16H2,1-3H3. The first-order chi connectivity index (χ1) is 9.79. The van der Waals surface area contributed by atoms with E-state index in [9.17, 15) is 8.42 Å². The minimum Gasteiger partial charge on any atom is -0.398 e. The smallest absolute Gasteiger partial charge is 0.263 e. The Morgan fingerprint density at radius 1 is 1.10 bits per heavy atom. The van der Waals surface area contributed by atoms with Crippen LogP contribution >= 0.6 is 0 Å². The third-order valence-corrected chi connectivity index (χ3v) is 4.52. The van der Waals surface area contributed by atoms with Gasteiger partial charge < -0.3 is 10.6 Å². The van der Waals surface area contributed by atoms with E-state index in [4.69, 9.17) is 5.73 Å². The zero-order valence-electron chi connectivity index (χ0n) is 12.3. The highest BCUT2D eigenvalue weighted by atomic mass is 32.2. The maximum atomic E-state index is 12.4. The summed E-state index contributed by atoms with van der Waals surface area (Å²) in [6.45, 7) is 1.86. The van der Waals surface area contributed by atoms with Crippen LogP contribution in [-0.4, -0.2) is 22.5 Å². The first kappa shape index (κ1) is 15.2. The van der Waals surface area contributed by atoms with Crippen molar-refractivity contribution in [1.29, 1.82) is 0 Å². The normalized spacial score (nSPS) is 11.2. The third kappa shape index (κ3) is 3.46. The van der Waals surface area contributed by atoms with Gasteiger partial charge in [0.1, 0.15) is 4.90 Å². The average molecular weight is 305 g/mol. The molecule has 3 N–H and O–H groups in total. The fourth-order valence-corrected chi connectivity index (χ4v) is 3.13. The molecule has 0 saturated carbocycles. The van der Waals surface area contributed by atoms with E-state index < -0.39 is 10.0 Å². The number of nitrogens with two attached hydrogens (primary N) is 1. The van der Waals surface area contributed by atoms with Crippen molar-refractivity contribution in [3.8, 4) is 0 Å². The van der Waals surface area contributed by atoms with Gasteiger partial charge >= 0.3 is 0 Å². The molecule has 0 fully saturated rings. The van der Waals surface area contributed by atoms with Crippen molar-refractivity contribution in [2.24, 2.45) is 0 Å². The summed E-state index contributed by atoms with van der Waals surface area (Å²) in [5.41, 5.74) is 8.38. The van der Waals surface area contributed by atoms with Crippen molar-refractivity contribution >= 4 is 27.1 Å². The number of nitrogens with one attached hydrogen (secondary N) is 1. The molecule has 112 valence electrons. The summed E-state index contributed by atoms with van der Waals surface area (Å²) < 4.78 is 27.4. The quantitative estimate of drug-likeness (QED) is 0.851. The average Bonchev–Trinajstić information content (AvgIpc) is 2.37. The Morgan fingerprint density at radius 3 is 2.43 bits per heavy atom. The van der Waals surface area contributed by atoms with Crippen molar-refractivity contribution in [1.82, 2.24) is 0 Å². The number of rotatable bonds is 4. The van der Waals surface area contributed by atoms with Crippen molar-refractivity contribution in [2.75, 3.05) is 29.5 Å². The summed E-state index contributed by atoms with van der Waals surface area (Å²) in [6.07, 6.45) is 0. The lowest BCUT2D eigenvalue weighted by Gasteiger charge is -2.15. The van der Waals surface area contributed by atoms with Crippen LogP contribution in [0.5, 0.6) is 0 Å². The largest absolute Gasteiger partial charge is 0.398 e. The number of anilines is 3. The fourth-order valence-electron chi connectivity index (χ4n) is 1.97. The zero-order valence-corrected chi connectivity index (χ0v) is 13.1. The van der Waals surface area contributed by atoms with Crippen LogP contribution in [0, 0.1) is 6.92 Å². The third-order valence-electron chi connectivity index (χ3n) is 3.07. The molecule has 2 aromatic rings. The van der Waals surface area contributed by atoms with Gasteiger partial charge in [-0.3, -0.25) is 4.72 Å². The predicted octanol–water partition coefficient (Wildman–Crippen LogP) is 2.44. The second-order valence-electron chi connectivity index (χ2n) is 5.09. The lowest BCUT2D eigenvalue weighted by atomic mass is 10.2. The molecule has 2 rings (SSSR count). The van der Waals surface area contributed by atoms with Gasteiger partial charge in [0.2, 0.25) is 0 Å². The minimum absolute atomic E-state index is 0.0864. The van der Waals surface area contributed by atoms with Crippen LogP contribution in [0.1, 0.15) is 5.56 Å². The highest BCUT2D eigenvalue weighted by Crippen LogP contribution is 2.24. The van der Waals surface area contributed by atoms with Gasteiger partial charge in [0.25, 0.3) is 10.0 Å². The van der Waals surface area contributed by atoms with Gasteiger partial charge in [-0.2, -0.15) is 0 Å². The second kappa shape index (κ2) is 5.65. The van der Waals surface area contributed by atoms with Gasteiger partial charge in [0.15, 0.2) is 0 Å². The number of aryl methyl sites for hydroxylation is 1. The highest BCUT2D eigenvalue weighted by Gasteiger charge is 2.17. The summed E-state index contributed by atoms with van der Waals surface area (Å²) in [7, 11) is 0.0921.